The largest absolute Gasteiger partial charge is 0.322 e. The third kappa shape index (κ3) is 2.80. The molecule has 1 aliphatic heterocycles. The summed E-state index contributed by atoms with van der Waals surface area (Å²) in [6.45, 7) is 3.55. The topological polar surface area (TPSA) is 35.6 Å². The van der Waals surface area contributed by atoms with Gasteiger partial charge in [-0.05, 0) is 49.9 Å². The quantitative estimate of drug-likeness (QED) is 0.852. The smallest absolute Gasteiger partial charge is 0.321 e. The molecular formula is C16H23N3O. The van der Waals surface area contributed by atoms with Crippen LogP contribution in [0.5, 0.6) is 0 Å². The van der Waals surface area contributed by atoms with Crippen molar-refractivity contribution in [1.82, 2.24) is 9.80 Å². The van der Waals surface area contributed by atoms with Gasteiger partial charge in [0.15, 0.2) is 0 Å². The van der Waals surface area contributed by atoms with Crippen molar-refractivity contribution in [2.75, 3.05) is 38.5 Å². The van der Waals surface area contributed by atoms with Crippen LogP contribution < -0.4 is 5.32 Å². The molecule has 0 radical (unpaired) electrons. The number of benzene rings is 1. The van der Waals surface area contributed by atoms with Crippen molar-refractivity contribution in [3.63, 3.8) is 0 Å². The van der Waals surface area contributed by atoms with E-state index in [1.165, 1.54) is 24.0 Å². The number of amides is 2. The third-order valence-electron chi connectivity index (χ3n) is 4.43. The number of hydrogen-bond donors (Lipinski definition) is 1. The van der Waals surface area contributed by atoms with E-state index in [4.69, 9.17) is 0 Å². The predicted octanol–water partition coefficient (Wildman–Crippen LogP) is 2.34. The van der Waals surface area contributed by atoms with Crippen molar-refractivity contribution in [2.45, 2.75) is 25.7 Å². The van der Waals surface area contributed by atoms with Crippen LogP contribution in [-0.4, -0.2) is 49.1 Å². The van der Waals surface area contributed by atoms with Gasteiger partial charge in [0.1, 0.15) is 0 Å². The molecule has 3 rings (SSSR count). The van der Waals surface area contributed by atoms with E-state index in [0.29, 0.717) is 0 Å². The highest BCUT2D eigenvalue weighted by Crippen LogP contribution is 2.28. The van der Waals surface area contributed by atoms with Crippen LogP contribution >= 0.6 is 0 Å². The summed E-state index contributed by atoms with van der Waals surface area (Å²) in [4.78, 5) is 16.5. The number of nitrogens with one attached hydrogen (secondary N) is 1. The number of urea groups is 1. The highest BCUT2D eigenvalue weighted by Gasteiger charge is 2.20. The zero-order chi connectivity index (χ0) is 13.9. The fraction of sp³-hybridized carbons (Fsp3) is 0.562. The lowest BCUT2D eigenvalue weighted by Gasteiger charge is -2.32. The van der Waals surface area contributed by atoms with Gasteiger partial charge in [0.05, 0.1) is 0 Å². The summed E-state index contributed by atoms with van der Waals surface area (Å²) < 4.78 is 0. The maximum absolute atomic E-state index is 12.4. The molecule has 1 saturated heterocycles. The number of anilines is 1. The summed E-state index contributed by atoms with van der Waals surface area (Å²) in [6.07, 6.45) is 4.74. The lowest BCUT2D eigenvalue weighted by molar-refractivity contribution is 0.164. The third-order valence-corrected chi connectivity index (χ3v) is 4.43. The average molecular weight is 273 g/mol. The van der Waals surface area contributed by atoms with Gasteiger partial charge in [0.2, 0.25) is 0 Å². The molecule has 1 aliphatic carbocycles. The van der Waals surface area contributed by atoms with Crippen molar-refractivity contribution >= 4 is 11.7 Å². The molecule has 4 heteroatoms. The Bertz CT molecular complexity index is 492. The fourth-order valence-corrected chi connectivity index (χ4v) is 3.10. The van der Waals surface area contributed by atoms with Crippen LogP contribution in [0.25, 0.3) is 0 Å². The standard InChI is InChI=1S/C16H23N3O/c1-18-9-11-19(12-10-18)16(20)17-15-8-4-6-13-5-2-3-7-14(13)15/h4,6,8H,2-3,5,7,9-12H2,1H3,(H,17,20). The van der Waals surface area contributed by atoms with Gasteiger partial charge in [-0.3, -0.25) is 0 Å². The highest BCUT2D eigenvalue weighted by molar-refractivity contribution is 5.90. The minimum Gasteiger partial charge on any atom is -0.322 e. The summed E-state index contributed by atoms with van der Waals surface area (Å²) >= 11 is 0. The first-order chi connectivity index (χ1) is 9.74. The first-order valence-corrected chi connectivity index (χ1v) is 7.59. The molecule has 0 spiro atoms. The van der Waals surface area contributed by atoms with Crippen LogP contribution in [0.15, 0.2) is 18.2 Å². The summed E-state index contributed by atoms with van der Waals surface area (Å²) in [6, 6.07) is 6.35. The Balaban J connectivity index is 1.70. The van der Waals surface area contributed by atoms with Crippen LogP contribution in [0.1, 0.15) is 24.0 Å². The van der Waals surface area contributed by atoms with Gasteiger partial charge in [-0.1, -0.05) is 12.1 Å². The number of rotatable bonds is 1. The van der Waals surface area contributed by atoms with Crippen LogP contribution in [0.2, 0.25) is 0 Å². The second-order valence-corrected chi connectivity index (χ2v) is 5.87. The van der Waals surface area contributed by atoms with Crippen molar-refractivity contribution in [3.05, 3.63) is 29.3 Å². The average Bonchev–Trinajstić information content (AvgIpc) is 2.48. The normalized spacial score (nSPS) is 19.6. The molecule has 0 bridgehead atoms. The molecule has 108 valence electrons. The van der Waals surface area contributed by atoms with E-state index in [1.807, 2.05) is 11.0 Å². The fourth-order valence-electron chi connectivity index (χ4n) is 3.10. The van der Waals surface area contributed by atoms with Gasteiger partial charge in [0, 0.05) is 31.9 Å². The molecule has 20 heavy (non-hydrogen) atoms. The maximum atomic E-state index is 12.4. The molecule has 0 unspecified atom stereocenters. The Morgan fingerprint density at radius 1 is 1.10 bits per heavy atom. The van der Waals surface area contributed by atoms with E-state index >= 15 is 0 Å². The van der Waals surface area contributed by atoms with Crippen molar-refractivity contribution in [3.8, 4) is 0 Å². The van der Waals surface area contributed by atoms with Gasteiger partial charge in [0.25, 0.3) is 0 Å². The van der Waals surface area contributed by atoms with E-state index < -0.39 is 0 Å². The minimum absolute atomic E-state index is 0.0528. The SMILES string of the molecule is CN1CCN(C(=O)Nc2cccc3c2CCCC3)CC1. The first kappa shape index (κ1) is 13.4. The van der Waals surface area contributed by atoms with Crippen LogP contribution in [-0.2, 0) is 12.8 Å². The number of carbonyl (C=O) groups excluding carboxylic acids is 1. The summed E-state index contributed by atoms with van der Waals surface area (Å²) in [7, 11) is 2.10. The lowest BCUT2D eigenvalue weighted by Crippen LogP contribution is -2.48. The van der Waals surface area contributed by atoms with Crippen LogP contribution in [0.3, 0.4) is 0 Å². The zero-order valence-electron chi connectivity index (χ0n) is 12.2. The summed E-state index contributed by atoms with van der Waals surface area (Å²) in [5.74, 6) is 0. The van der Waals surface area contributed by atoms with Gasteiger partial charge < -0.3 is 15.1 Å². The Kier molecular flexibility index (Phi) is 3.92. The Morgan fingerprint density at radius 2 is 1.85 bits per heavy atom. The van der Waals surface area contributed by atoms with E-state index in [9.17, 15) is 4.79 Å². The van der Waals surface area contributed by atoms with Gasteiger partial charge >= 0.3 is 6.03 Å². The summed E-state index contributed by atoms with van der Waals surface area (Å²) in [5, 5.41) is 3.12. The lowest BCUT2D eigenvalue weighted by atomic mass is 9.90. The van der Waals surface area contributed by atoms with Gasteiger partial charge in [-0.25, -0.2) is 4.79 Å². The first-order valence-electron chi connectivity index (χ1n) is 7.59. The Hall–Kier alpha value is -1.55. The molecule has 4 nitrogen and oxygen atoms in total. The van der Waals surface area contributed by atoms with E-state index in [2.05, 4.69) is 29.4 Å². The predicted molar refractivity (Wildman–Crippen MR) is 81.2 cm³/mol. The maximum Gasteiger partial charge on any atom is 0.321 e. The van der Waals surface area contributed by atoms with E-state index in [-0.39, 0.29) is 6.03 Å². The molecule has 0 atom stereocenters. The molecule has 1 N–H and O–H groups in total. The second-order valence-electron chi connectivity index (χ2n) is 5.87. The van der Waals surface area contributed by atoms with Gasteiger partial charge in [-0.2, -0.15) is 0 Å². The van der Waals surface area contributed by atoms with E-state index in [1.54, 1.807) is 0 Å². The molecule has 1 aromatic carbocycles. The number of aryl methyl sites for hydroxylation is 1. The molecular weight excluding hydrogens is 250 g/mol. The highest BCUT2D eigenvalue weighted by atomic mass is 16.2. The number of piperazine rings is 1. The molecule has 2 amide bonds. The monoisotopic (exact) mass is 273 g/mol. The number of likely N-dealkylation sites (N-methyl/N-ethyl adjacent to an activating group) is 1. The molecule has 0 saturated carbocycles. The van der Waals surface area contributed by atoms with Crippen LogP contribution in [0, 0.1) is 0 Å². The second kappa shape index (κ2) is 5.83. The molecule has 1 aromatic rings. The minimum atomic E-state index is 0.0528. The Labute approximate surface area is 120 Å². The van der Waals surface area contributed by atoms with Crippen molar-refractivity contribution in [1.29, 1.82) is 0 Å². The van der Waals surface area contributed by atoms with Gasteiger partial charge in [-0.15, -0.1) is 0 Å². The molecule has 1 fully saturated rings. The van der Waals surface area contributed by atoms with Crippen molar-refractivity contribution in [2.24, 2.45) is 0 Å². The zero-order valence-corrected chi connectivity index (χ0v) is 12.2. The number of fused-ring (bicyclic) bond motifs is 1. The number of carbonyl (C=O) groups is 1. The Morgan fingerprint density at radius 3 is 2.65 bits per heavy atom. The van der Waals surface area contributed by atoms with Crippen LogP contribution in [0.4, 0.5) is 10.5 Å². The number of nitrogens with zero attached hydrogens (tertiary/aromatic N) is 2. The summed E-state index contributed by atoms with van der Waals surface area (Å²) in [5.41, 5.74) is 3.78. The molecule has 1 heterocycles. The van der Waals surface area contributed by atoms with Crippen molar-refractivity contribution < 1.29 is 4.79 Å². The molecule has 0 aromatic heterocycles. The molecule has 2 aliphatic rings. The number of hydrogen-bond acceptors (Lipinski definition) is 2. The van der Waals surface area contributed by atoms with E-state index in [0.717, 1.165) is 44.7 Å².